The number of ether oxygens (including phenoxy) is 1. The van der Waals surface area contributed by atoms with Crippen molar-refractivity contribution in [2.45, 2.75) is 11.2 Å². The first-order chi connectivity index (χ1) is 15.4. The molecule has 2 aliphatic rings. The molecule has 0 saturated heterocycles. The first-order valence-corrected chi connectivity index (χ1v) is 10.8. The quantitative estimate of drug-likeness (QED) is 0.320. The number of hydrogen-bond donors (Lipinski definition) is 0. The molecule has 7 rings (SSSR count). The van der Waals surface area contributed by atoms with Gasteiger partial charge in [-0.05, 0) is 33.0 Å². The van der Waals surface area contributed by atoms with Crippen LogP contribution < -0.4 is 0 Å². The van der Waals surface area contributed by atoms with Gasteiger partial charge in [0.2, 0.25) is 0 Å². The van der Waals surface area contributed by atoms with E-state index in [0.29, 0.717) is 0 Å². The van der Waals surface area contributed by atoms with E-state index in [2.05, 4.69) is 121 Å². The molecule has 5 aromatic carbocycles. The summed E-state index contributed by atoms with van der Waals surface area (Å²) in [5, 5.41) is 2.50. The fraction of sp³-hybridized carbons (Fsp3) is 0.0667. The molecule has 2 heterocycles. The van der Waals surface area contributed by atoms with Crippen LogP contribution >= 0.6 is 0 Å². The highest BCUT2D eigenvalue weighted by atomic mass is 16.5. The maximum Gasteiger partial charge on any atom is 0.147 e. The Balaban J connectivity index is 1.71. The maximum atomic E-state index is 7.37. The molecule has 0 N–H and O–H groups in total. The molecule has 2 atom stereocenters. The largest absolute Gasteiger partial charge is 0.340 e. The minimum absolute atomic E-state index is 0.618. The van der Waals surface area contributed by atoms with Crippen LogP contribution in [0.15, 0.2) is 121 Å². The highest BCUT2D eigenvalue weighted by Crippen LogP contribution is 2.66. The monoisotopic (exact) mass is 396 g/mol. The predicted octanol–water partition coefficient (Wildman–Crippen LogP) is 6.77. The molecular weight excluding hydrogens is 376 g/mol. The van der Waals surface area contributed by atoms with E-state index in [1.807, 2.05) is 0 Å². The molecule has 2 aliphatic heterocycles. The summed E-state index contributed by atoms with van der Waals surface area (Å²) in [6.45, 7) is 0. The Hall–Kier alpha value is -3.68. The van der Waals surface area contributed by atoms with E-state index in [9.17, 15) is 0 Å². The first-order valence-electron chi connectivity index (χ1n) is 10.8. The molecule has 31 heavy (non-hydrogen) atoms. The van der Waals surface area contributed by atoms with E-state index >= 15 is 0 Å². The van der Waals surface area contributed by atoms with Crippen LogP contribution in [-0.2, 0) is 15.9 Å². The van der Waals surface area contributed by atoms with Crippen molar-refractivity contribution >= 4 is 10.8 Å². The van der Waals surface area contributed by atoms with Gasteiger partial charge in [0.25, 0.3) is 0 Å². The summed E-state index contributed by atoms with van der Waals surface area (Å²) in [6.07, 6.45) is 0. The Bertz CT molecular complexity index is 1450. The second-order valence-corrected chi connectivity index (χ2v) is 8.45. The van der Waals surface area contributed by atoms with Gasteiger partial charge in [0.1, 0.15) is 11.2 Å². The highest BCUT2D eigenvalue weighted by molar-refractivity contribution is 5.92. The average molecular weight is 396 g/mol. The van der Waals surface area contributed by atoms with Crippen LogP contribution in [0.4, 0.5) is 0 Å². The molecule has 0 aromatic heterocycles. The second kappa shape index (κ2) is 5.94. The maximum absolute atomic E-state index is 7.37. The van der Waals surface area contributed by atoms with Gasteiger partial charge in [-0.3, -0.25) is 0 Å². The molecule has 146 valence electrons. The zero-order valence-corrected chi connectivity index (χ0v) is 17.0. The molecular formula is C30H20O. The lowest BCUT2D eigenvalue weighted by atomic mass is 9.67. The van der Waals surface area contributed by atoms with Crippen molar-refractivity contribution in [2.75, 3.05) is 0 Å². The van der Waals surface area contributed by atoms with Gasteiger partial charge < -0.3 is 4.74 Å². The minimum atomic E-state index is -0.635. The van der Waals surface area contributed by atoms with Gasteiger partial charge in [0, 0.05) is 11.1 Å². The Labute approximate surface area is 181 Å². The lowest BCUT2D eigenvalue weighted by molar-refractivity contribution is -0.0253. The van der Waals surface area contributed by atoms with Crippen molar-refractivity contribution in [3.8, 4) is 0 Å². The van der Waals surface area contributed by atoms with Crippen LogP contribution in [0, 0.1) is 0 Å². The summed E-state index contributed by atoms with van der Waals surface area (Å²) in [5.74, 6) is 0. The van der Waals surface area contributed by atoms with Crippen LogP contribution in [0.5, 0.6) is 0 Å². The van der Waals surface area contributed by atoms with Gasteiger partial charge in [-0.2, -0.15) is 0 Å². The topological polar surface area (TPSA) is 9.23 Å². The Morgan fingerprint density at radius 2 is 0.968 bits per heavy atom. The SMILES string of the molecule is c1ccc(C23OC(c4ccccc4)(c4ccccc42)c2c3ccc3ccccc23)cc1. The zero-order chi connectivity index (χ0) is 20.5. The molecule has 0 amide bonds. The van der Waals surface area contributed by atoms with Crippen molar-refractivity contribution in [1.82, 2.24) is 0 Å². The van der Waals surface area contributed by atoms with E-state index in [4.69, 9.17) is 4.74 Å². The summed E-state index contributed by atoms with van der Waals surface area (Å²) < 4.78 is 7.37. The van der Waals surface area contributed by atoms with E-state index in [0.717, 1.165) is 0 Å². The molecule has 1 heteroatoms. The van der Waals surface area contributed by atoms with Crippen LogP contribution in [0.3, 0.4) is 0 Å². The van der Waals surface area contributed by atoms with Crippen LogP contribution in [0.25, 0.3) is 10.8 Å². The Morgan fingerprint density at radius 3 is 1.68 bits per heavy atom. The molecule has 1 nitrogen and oxygen atoms in total. The molecule has 0 aliphatic carbocycles. The highest BCUT2D eigenvalue weighted by Gasteiger charge is 2.64. The van der Waals surface area contributed by atoms with Gasteiger partial charge in [0.05, 0.1) is 0 Å². The molecule has 2 bridgehead atoms. The smallest absolute Gasteiger partial charge is 0.147 e. The summed E-state index contributed by atoms with van der Waals surface area (Å²) in [7, 11) is 0. The van der Waals surface area contributed by atoms with E-state index in [1.165, 1.54) is 44.2 Å². The number of rotatable bonds is 2. The van der Waals surface area contributed by atoms with Crippen molar-refractivity contribution in [2.24, 2.45) is 0 Å². The van der Waals surface area contributed by atoms with Gasteiger partial charge >= 0.3 is 0 Å². The third-order valence-electron chi connectivity index (χ3n) is 7.01. The van der Waals surface area contributed by atoms with Crippen LogP contribution in [-0.4, -0.2) is 0 Å². The lowest BCUT2D eigenvalue weighted by Gasteiger charge is -2.31. The van der Waals surface area contributed by atoms with Crippen molar-refractivity contribution in [1.29, 1.82) is 0 Å². The van der Waals surface area contributed by atoms with Gasteiger partial charge in [-0.1, -0.05) is 121 Å². The van der Waals surface area contributed by atoms with Crippen molar-refractivity contribution < 1.29 is 4.74 Å². The summed E-state index contributed by atoms with van der Waals surface area (Å²) in [5.41, 5.74) is 6.11. The molecule has 0 saturated carbocycles. The number of fused-ring (bicyclic) bond motifs is 10. The fourth-order valence-electron chi connectivity index (χ4n) is 5.84. The zero-order valence-electron chi connectivity index (χ0n) is 17.0. The van der Waals surface area contributed by atoms with Crippen LogP contribution in [0.1, 0.15) is 33.4 Å². The van der Waals surface area contributed by atoms with Crippen molar-refractivity contribution in [3.63, 3.8) is 0 Å². The molecule has 0 fully saturated rings. The minimum Gasteiger partial charge on any atom is -0.340 e. The first kappa shape index (κ1) is 17.0. The van der Waals surface area contributed by atoms with E-state index < -0.39 is 11.2 Å². The normalized spacial score (nSPS) is 23.0. The number of hydrogen-bond acceptors (Lipinski definition) is 1. The molecule has 2 unspecified atom stereocenters. The molecule has 5 aromatic rings. The number of benzene rings is 5. The van der Waals surface area contributed by atoms with Crippen LogP contribution in [0.2, 0.25) is 0 Å². The standard InChI is InChI=1S/C30H20O/c1-3-12-22(13-4-1)29-25-17-9-10-18-26(25)30(31-29,23-14-5-2-6-15-23)28-24-16-8-7-11-21(24)19-20-27(28)29/h1-20H. The van der Waals surface area contributed by atoms with Gasteiger partial charge in [0.15, 0.2) is 0 Å². The van der Waals surface area contributed by atoms with Gasteiger partial charge in [-0.15, -0.1) is 0 Å². The summed E-state index contributed by atoms with van der Waals surface area (Å²) in [6, 6.07) is 43.3. The third kappa shape index (κ3) is 1.95. The fourth-order valence-corrected chi connectivity index (χ4v) is 5.84. The summed E-state index contributed by atoms with van der Waals surface area (Å²) in [4.78, 5) is 0. The average Bonchev–Trinajstić information content (AvgIpc) is 3.35. The van der Waals surface area contributed by atoms with Crippen molar-refractivity contribution in [3.05, 3.63) is 155 Å². The summed E-state index contributed by atoms with van der Waals surface area (Å²) >= 11 is 0. The second-order valence-electron chi connectivity index (χ2n) is 8.45. The Kier molecular flexibility index (Phi) is 3.26. The third-order valence-corrected chi connectivity index (χ3v) is 7.01. The molecule has 0 radical (unpaired) electrons. The predicted molar refractivity (Wildman–Crippen MR) is 124 cm³/mol. The Morgan fingerprint density at radius 1 is 0.419 bits per heavy atom. The van der Waals surface area contributed by atoms with E-state index in [-0.39, 0.29) is 0 Å². The lowest BCUT2D eigenvalue weighted by Crippen LogP contribution is -2.27. The van der Waals surface area contributed by atoms with E-state index in [1.54, 1.807) is 0 Å². The molecule has 0 spiro atoms. The van der Waals surface area contributed by atoms with Gasteiger partial charge in [-0.25, -0.2) is 0 Å².